The number of ether oxygens (including phenoxy) is 2. The Morgan fingerprint density at radius 3 is 2.33 bits per heavy atom. The number of pyridine rings is 1. The first-order valence-electron chi connectivity index (χ1n) is 15.2. The van der Waals surface area contributed by atoms with Crippen molar-refractivity contribution in [2.45, 2.75) is 44.5 Å². The van der Waals surface area contributed by atoms with Crippen LogP contribution in [0.15, 0.2) is 48.5 Å². The maximum absolute atomic E-state index is 13.8. The average Bonchev–Trinajstić information content (AvgIpc) is 3.40. The van der Waals surface area contributed by atoms with Gasteiger partial charge in [-0.3, -0.25) is 4.79 Å². The highest BCUT2D eigenvalue weighted by molar-refractivity contribution is 7.84. The molecule has 2 aliphatic rings. The summed E-state index contributed by atoms with van der Waals surface area (Å²) in [7, 11) is 3.90. The molecule has 3 heterocycles. The largest absolute Gasteiger partial charge is 0.493 e. The molecule has 0 unspecified atom stereocenters. The van der Waals surface area contributed by atoms with Crippen LogP contribution >= 0.6 is 0 Å². The van der Waals surface area contributed by atoms with Gasteiger partial charge in [0.1, 0.15) is 16.7 Å². The minimum atomic E-state index is -1.34. The van der Waals surface area contributed by atoms with E-state index in [2.05, 4.69) is 23.8 Å². The van der Waals surface area contributed by atoms with Crippen LogP contribution in [0.5, 0.6) is 11.5 Å². The predicted molar refractivity (Wildman–Crippen MR) is 176 cm³/mol. The van der Waals surface area contributed by atoms with E-state index in [9.17, 15) is 14.1 Å². The third-order valence-corrected chi connectivity index (χ3v) is 10.0. The Morgan fingerprint density at radius 2 is 1.69 bits per heavy atom. The molecule has 0 radical (unpaired) electrons. The average molecular weight is 631 g/mol. The lowest BCUT2D eigenvalue weighted by Crippen LogP contribution is -2.47. The van der Waals surface area contributed by atoms with Gasteiger partial charge in [-0.1, -0.05) is 24.0 Å². The number of likely N-dealkylation sites (N-methyl/N-ethyl adjacent to an activating group) is 1. The van der Waals surface area contributed by atoms with Crippen LogP contribution in [0.1, 0.15) is 66.0 Å². The number of aliphatic hydroxyl groups excluding tert-OH is 1. The molecule has 2 aliphatic heterocycles. The summed E-state index contributed by atoms with van der Waals surface area (Å²) in [6.45, 7) is 9.07. The van der Waals surface area contributed by atoms with Crippen molar-refractivity contribution in [1.29, 1.82) is 0 Å². The number of amides is 1. The quantitative estimate of drug-likeness (QED) is 0.390. The Labute approximate surface area is 268 Å². The van der Waals surface area contributed by atoms with Crippen molar-refractivity contribution in [2.24, 2.45) is 0 Å². The molecule has 9 nitrogen and oxygen atoms in total. The van der Waals surface area contributed by atoms with E-state index in [1.807, 2.05) is 78.5 Å². The Balaban J connectivity index is 1.59. The molecule has 5 rings (SSSR count). The SMILES string of the molecule is COc1ccc(C#Cc2cccc(-c3nc(C(=O)N4CCN(C)CC4)cc4c3[C@@H](CCO)N([S@](=O)C(C)(C)C)C4)c2)cc1OC. The Morgan fingerprint density at radius 1 is 1.00 bits per heavy atom. The van der Waals surface area contributed by atoms with E-state index in [1.165, 1.54) is 0 Å². The van der Waals surface area contributed by atoms with Crippen molar-refractivity contribution in [3.05, 3.63) is 76.5 Å². The van der Waals surface area contributed by atoms with Crippen molar-refractivity contribution in [3.63, 3.8) is 0 Å². The molecule has 1 N–H and O–H groups in total. The van der Waals surface area contributed by atoms with Gasteiger partial charge in [-0.25, -0.2) is 13.5 Å². The molecule has 10 heteroatoms. The van der Waals surface area contributed by atoms with E-state index in [0.717, 1.165) is 40.9 Å². The first kappa shape index (κ1) is 32.6. The maximum Gasteiger partial charge on any atom is 0.272 e. The molecule has 2 atom stereocenters. The van der Waals surface area contributed by atoms with Crippen molar-refractivity contribution >= 4 is 16.9 Å². The van der Waals surface area contributed by atoms with Gasteiger partial charge in [-0.15, -0.1) is 0 Å². The lowest BCUT2D eigenvalue weighted by molar-refractivity contribution is 0.0658. The summed E-state index contributed by atoms with van der Waals surface area (Å²) in [5.41, 5.74) is 5.22. The predicted octanol–water partition coefficient (Wildman–Crippen LogP) is 4.25. The van der Waals surface area contributed by atoms with E-state index in [4.69, 9.17) is 14.5 Å². The highest BCUT2D eigenvalue weighted by atomic mass is 32.2. The second-order valence-electron chi connectivity index (χ2n) is 12.4. The highest BCUT2D eigenvalue weighted by Crippen LogP contribution is 2.44. The number of fused-ring (bicyclic) bond motifs is 1. The zero-order valence-corrected chi connectivity index (χ0v) is 27.7. The molecular formula is C35H42N4O5S. The summed E-state index contributed by atoms with van der Waals surface area (Å²) < 4.78 is 26.0. The normalized spacial score (nSPS) is 17.8. The standard InChI is InChI=1S/C35H42N4O5S/c1-35(2,3)45(42)39-23-27-22-28(34(41)38-17-15-37(4)16-18-38)36-33(32(27)29(39)14-19-40)26-9-7-8-24(20-26)10-11-25-12-13-30(43-5)31(21-25)44-6/h7-9,12-13,20-22,29,40H,14-19,23H2,1-6H3/t29-,45-/m1/s1. The Bertz CT molecular complexity index is 1650. The number of nitrogens with zero attached hydrogens (tertiary/aromatic N) is 4. The first-order valence-corrected chi connectivity index (χ1v) is 16.3. The van der Waals surface area contributed by atoms with Gasteiger partial charge in [0.25, 0.3) is 5.91 Å². The number of aliphatic hydroxyl groups is 1. The first-order chi connectivity index (χ1) is 21.5. The fourth-order valence-corrected chi connectivity index (χ4v) is 7.17. The van der Waals surface area contributed by atoms with E-state index in [-0.39, 0.29) is 18.6 Å². The monoisotopic (exact) mass is 630 g/mol. The van der Waals surface area contributed by atoms with E-state index < -0.39 is 15.7 Å². The number of methoxy groups -OCH3 is 2. The van der Waals surface area contributed by atoms with Crippen molar-refractivity contribution in [2.75, 3.05) is 54.1 Å². The van der Waals surface area contributed by atoms with Crippen LogP contribution in [0.3, 0.4) is 0 Å². The summed E-state index contributed by atoms with van der Waals surface area (Å²) in [6, 6.07) is 14.9. The summed E-state index contributed by atoms with van der Waals surface area (Å²) >= 11 is 0. The number of benzene rings is 2. The van der Waals surface area contributed by atoms with Gasteiger partial charge < -0.3 is 24.4 Å². The van der Waals surface area contributed by atoms with Gasteiger partial charge in [0.2, 0.25) is 0 Å². The summed E-state index contributed by atoms with van der Waals surface area (Å²) in [6.07, 6.45) is 0.397. The molecule has 0 spiro atoms. The zero-order valence-electron chi connectivity index (χ0n) is 26.9. The van der Waals surface area contributed by atoms with Crippen LogP contribution in [0.4, 0.5) is 0 Å². The lowest BCUT2D eigenvalue weighted by Gasteiger charge is -2.32. The Hall–Kier alpha value is -3.75. The van der Waals surface area contributed by atoms with Gasteiger partial charge in [-0.2, -0.15) is 0 Å². The van der Waals surface area contributed by atoms with Crippen LogP contribution in [0, 0.1) is 11.8 Å². The Kier molecular flexibility index (Phi) is 9.94. The van der Waals surface area contributed by atoms with Gasteiger partial charge in [0.15, 0.2) is 11.5 Å². The van der Waals surface area contributed by atoms with Crippen LogP contribution in [0.25, 0.3) is 11.3 Å². The highest BCUT2D eigenvalue weighted by Gasteiger charge is 2.40. The number of hydrogen-bond donors (Lipinski definition) is 1. The molecule has 0 aliphatic carbocycles. The third kappa shape index (κ3) is 7.07. The number of carbonyl (C=O) groups is 1. The van der Waals surface area contributed by atoms with Crippen molar-refractivity contribution in [1.82, 2.24) is 19.1 Å². The molecule has 2 aromatic carbocycles. The smallest absolute Gasteiger partial charge is 0.272 e. The maximum atomic E-state index is 13.8. The van der Waals surface area contributed by atoms with Gasteiger partial charge in [0.05, 0.1) is 30.7 Å². The van der Waals surface area contributed by atoms with Crippen molar-refractivity contribution < 1.29 is 23.6 Å². The fraction of sp³-hybridized carbons (Fsp3) is 0.429. The molecule has 1 amide bonds. The fourth-order valence-electron chi connectivity index (χ4n) is 5.77. The number of rotatable bonds is 7. The van der Waals surface area contributed by atoms with Gasteiger partial charge in [0, 0.05) is 61.6 Å². The van der Waals surface area contributed by atoms with E-state index in [1.54, 1.807) is 14.2 Å². The minimum absolute atomic E-state index is 0.0692. The second kappa shape index (κ2) is 13.7. The van der Waals surface area contributed by atoms with Gasteiger partial charge in [-0.05, 0) is 76.2 Å². The molecule has 1 fully saturated rings. The summed E-state index contributed by atoms with van der Waals surface area (Å²) in [5.74, 6) is 7.59. The zero-order chi connectivity index (χ0) is 32.3. The van der Waals surface area contributed by atoms with Crippen LogP contribution in [-0.2, 0) is 17.5 Å². The molecule has 238 valence electrons. The molecular weight excluding hydrogens is 588 g/mol. The summed E-state index contributed by atoms with van der Waals surface area (Å²) in [4.78, 5) is 22.9. The number of aromatic nitrogens is 1. The van der Waals surface area contributed by atoms with Crippen LogP contribution in [-0.4, -0.2) is 93.1 Å². The van der Waals surface area contributed by atoms with Gasteiger partial charge >= 0.3 is 0 Å². The summed E-state index contributed by atoms with van der Waals surface area (Å²) in [5, 5.41) is 10.1. The third-order valence-electron chi connectivity index (χ3n) is 8.17. The molecule has 1 saturated heterocycles. The molecule has 3 aromatic rings. The molecule has 0 saturated carbocycles. The number of piperazine rings is 1. The van der Waals surface area contributed by atoms with Crippen LogP contribution < -0.4 is 9.47 Å². The van der Waals surface area contributed by atoms with Crippen molar-refractivity contribution in [3.8, 4) is 34.6 Å². The lowest BCUT2D eigenvalue weighted by atomic mass is 9.95. The van der Waals surface area contributed by atoms with Crippen LogP contribution in [0.2, 0.25) is 0 Å². The molecule has 45 heavy (non-hydrogen) atoms. The number of carbonyl (C=O) groups excluding carboxylic acids is 1. The minimum Gasteiger partial charge on any atom is -0.493 e. The topological polar surface area (TPSA) is 95.4 Å². The van der Waals surface area contributed by atoms with E-state index in [0.29, 0.717) is 48.9 Å². The van der Waals surface area contributed by atoms with E-state index >= 15 is 0 Å². The molecule has 1 aromatic heterocycles. The second-order valence-corrected chi connectivity index (χ2v) is 14.6. The number of hydrogen-bond acceptors (Lipinski definition) is 7. The molecule has 0 bridgehead atoms.